The molecule has 112 valence electrons. The lowest BCUT2D eigenvalue weighted by atomic mass is 9.83. The molecule has 0 spiro atoms. The van der Waals surface area contributed by atoms with Gasteiger partial charge in [-0.2, -0.15) is 0 Å². The minimum atomic E-state index is -0.248. The van der Waals surface area contributed by atoms with Gasteiger partial charge in [0.1, 0.15) is 12.0 Å². The summed E-state index contributed by atoms with van der Waals surface area (Å²) >= 11 is 1.68. The maximum Gasteiger partial charge on any atom is 0.302 e. The summed E-state index contributed by atoms with van der Waals surface area (Å²) in [6.07, 6.45) is 2.46. The summed E-state index contributed by atoms with van der Waals surface area (Å²) in [5, 5.41) is 4.48. The highest BCUT2D eigenvalue weighted by Gasteiger charge is 2.46. The lowest BCUT2D eigenvalue weighted by Crippen LogP contribution is -2.47. The van der Waals surface area contributed by atoms with Crippen molar-refractivity contribution in [2.45, 2.75) is 57.2 Å². The normalized spacial score (nSPS) is 40.0. The second kappa shape index (κ2) is 5.56. The Morgan fingerprint density at radius 1 is 1.45 bits per heavy atom. The number of fused-ring (bicyclic) bond motifs is 1. The van der Waals surface area contributed by atoms with Crippen molar-refractivity contribution in [3.63, 3.8) is 0 Å². The van der Waals surface area contributed by atoms with E-state index >= 15 is 0 Å². The maximum atomic E-state index is 11.0. The van der Waals surface area contributed by atoms with Crippen LogP contribution in [0.25, 0.3) is 0 Å². The molecule has 0 radical (unpaired) electrons. The molecule has 0 aromatic heterocycles. The Labute approximate surface area is 123 Å². The molecule has 0 amide bonds. The van der Waals surface area contributed by atoms with Gasteiger partial charge in [-0.25, -0.2) is 0 Å². The van der Waals surface area contributed by atoms with Crippen LogP contribution in [0, 0.1) is 11.8 Å². The summed E-state index contributed by atoms with van der Waals surface area (Å²) in [7, 11) is 0. The van der Waals surface area contributed by atoms with Gasteiger partial charge in [-0.05, 0) is 24.7 Å². The van der Waals surface area contributed by atoms with Crippen LogP contribution >= 0.6 is 11.8 Å². The number of carbonyl (C=O) groups excluding carboxylic acids is 1. The molecule has 2 aliphatic heterocycles. The number of ether oxygens (including phenoxy) is 2. The number of nitrogens with zero attached hydrogens (tertiary/aromatic N) is 1. The first kappa shape index (κ1) is 14.2. The van der Waals surface area contributed by atoms with Crippen molar-refractivity contribution in [3.05, 3.63) is 0 Å². The molecular weight excluding hydrogens is 276 g/mol. The van der Waals surface area contributed by atoms with Gasteiger partial charge in [0.05, 0.1) is 12.1 Å². The van der Waals surface area contributed by atoms with E-state index in [4.69, 9.17) is 14.5 Å². The number of hydrogen-bond donors (Lipinski definition) is 1. The molecule has 0 bridgehead atoms. The number of rotatable bonds is 3. The van der Waals surface area contributed by atoms with E-state index in [-0.39, 0.29) is 23.6 Å². The van der Waals surface area contributed by atoms with Crippen LogP contribution in [0.5, 0.6) is 0 Å². The van der Waals surface area contributed by atoms with Crippen molar-refractivity contribution >= 4 is 22.9 Å². The number of carbonyl (C=O) groups is 1. The van der Waals surface area contributed by atoms with E-state index in [9.17, 15) is 4.79 Å². The first-order chi connectivity index (χ1) is 9.54. The van der Waals surface area contributed by atoms with Gasteiger partial charge in [-0.1, -0.05) is 25.6 Å². The van der Waals surface area contributed by atoms with E-state index in [1.807, 2.05) is 0 Å². The van der Waals surface area contributed by atoms with Crippen molar-refractivity contribution in [1.82, 2.24) is 5.32 Å². The minimum Gasteiger partial charge on any atom is -0.463 e. The van der Waals surface area contributed by atoms with E-state index in [2.05, 4.69) is 19.2 Å². The molecule has 1 saturated heterocycles. The van der Waals surface area contributed by atoms with Gasteiger partial charge in [-0.15, -0.1) is 0 Å². The Bertz CT molecular complexity index is 425. The SMILES string of the molecule is CC(=O)OC[C@H]1OC2SC(NC3CC3)=NC2[C@@H](C)[C@@H]1C. The fourth-order valence-corrected chi connectivity index (χ4v) is 3.97. The molecule has 1 aliphatic carbocycles. The van der Waals surface area contributed by atoms with Crippen LogP contribution in [0.3, 0.4) is 0 Å². The van der Waals surface area contributed by atoms with Crippen LogP contribution in [0.15, 0.2) is 4.99 Å². The topological polar surface area (TPSA) is 59.9 Å². The zero-order valence-corrected chi connectivity index (χ0v) is 13.0. The molecule has 3 rings (SSSR count). The minimum absolute atomic E-state index is 0.0295. The van der Waals surface area contributed by atoms with Crippen molar-refractivity contribution in [3.8, 4) is 0 Å². The average molecular weight is 298 g/mol. The van der Waals surface area contributed by atoms with E-state index in [0.29, 0.717) is 24.5 Å². The van der Waals surface area contributed by atoms with Crippen molar-refractivity contribution in [2.75, 3.05) is 6.61 Å². The summed E-state index contributed by atoms with van der Waals surface area (Å²) in [6, 6.07) is 0.829. The van der Waals surface area contributed by atoms with Crippen LogP contribution in [0.2, 0.25) is 0 Å². The van der Waals surface area contributed by atoms with Crippen molar-refractivity contribution in [1.29, 1.82) is 0 Å². The van der Waals surface area contributed by atoms with E-state index in [0.717, 1.165) is 5.17 Å². The number of aliphatic imine (C=N–C) groups is 1. The summed E-state index contributed by atoms with van der Waals surface area (Å²) in [5.74, 6) is 0.516. The highest BCUT2D eigenvalue weighted by atomic mass is 32.2. The standard InChI is InChI=1S/C14H22N2O3S/c1-7-8(2)12-13(19-11(7)6-18-9(3)17)20-14(16-12)15-10-4-5-10/h7-8,10-13H,4-6H2,1-3H3,(H,15,16)/t7-,8-,11+,12?,13?/m0/s1. The molecule has 6 heteroatoms. The van der Waals surface area contributed by atoms with Crippen molar-refractivity contribution in [2.24, 2.45) is 16.8 Å². The number of amidine groups is 1. The zero-order chi connectivity index (χ0) is 14.3. The number of nitrogens with one attached hydrogen (secondary N) is 1. The van der Waals surface area contributed by atoms with Gasteiger partial charge < -0.3 is 14.8 Å². The van der Waals surface area contributed by atoms with E-state index < -0.39 is 0 Å². The van der Waals surface area contributed by atoms with Gasteiger partial charge in [0, 0.05) is 13.0 Å². The lowest BCUT2D eigenvalue weighted by molar-refractivity contribution is -0.152. The van der Waals surface area contributed by atoms with Gasteiger partial charge in [-0.3, -0.25) is 9.79 Å². The highest BCUT2D eigenvalue weighted by molar-refractivity contribution is 8.14. The van der Waals surface area contributed by atoms with Crippen LogP contribution in [0.4, 0.5) is 0 Å². The second-order valence-corrected chi connectivity index (χ2v) is 7.11. The average Bonchev–Trinajstić information content (AvgIpc) is 3.10. The first-order valence-electron chi connectivity index (χ1n) is 7.34. The number of thioether (sulfide) groups is 1. The largest absolute Gasteiger partial charge is 0.463 e. The van der Waals surface area contributed by atoms with Crippen LogP contribution in [-0.2, 0) is 14.3 Å². The maximum absolute atomic E-state index is 11.0. The van der Waals surface area contributed by atoms with E-state index in [1.165, 1.54) is 19.8 Å². The zero-order valence-electron chi connectivity index (χ0n) is 12.2. The lowest BCUT2D eigenvalue weighted by Gasteiger charge is -2.40. The van der Waals surface area contributed by atoms with Crippen LogP contribution in [-0.4, -0.2) is 41.4 Å². The monoisotopic (exact) mass is 298 g/mol. The summed E-state index contributed by atoms with van der Waals surface area (Å²) in [5.41, 5.74) is 0.0583. The first-order valence-corrected chi connectivity index (χ1v) is 8.22. The second-order valence-electron chi connectivity index (χ2n) is 6.03. The molecule has 0 aromatic carbocycles. The number of esters is 1. The Kier molecular flexibility index (Phi) is 3.95. The summed E-state index contributed by atoms with van der Waals surface area (Å²) in [4.78, 5) is 15.8. The fraction of sp³-hybridized carbons (Fsp3) is 0.857. The third-order valence-corrected chi connectivity index (χ3v) is 5.46. The third-order valence-electron chi connectivity index (χ3n) is 4.39. The van der Waals surface area contributed by atoms with Crippen molar-refractivity contribution < 1.29 is 14.3 Å². The molecule has 3 aliphatic rings. The quantitative estimate of drug-likeness (QED) is 0.805. The molecule has 1 N–H and O–H groups in total. The number of hydrogen-bond acceptors (Lipinski definition) is 6. The predicted molar refractivity (Wildman–Crippen MR) is 78.6 cm³/mol. The Morgan fingerprint density at radius 3 is 2.85 bits per heavy atom. The summed E-state index contributed by atoms with van der Waals surface area (Å²) in [6.45, 7) is 6.15. The molecule has 2 fully saturated rings. The molecule has 5 nitrogen and oxygen atoms in total. The Balaban J connectivity index is 1.62. The third kappa shape index (κ3) is 2.96. The Morgan fingerprint density at radius 2 is 2.20 bits per heavy atom. The fourth-order valence-electron chi connectivity index (χ4n) is 2.69. The van der Waals surface area contributed by atoms with Crippen LogP contribution in [0.1, 0.15) is 33.6 Å². The molecule has 2 unspecified atom stereocenters. The summed E-state index contributed by atoms with van der Waals surface area (Å²) < 4.78 is 11.2. The van der Waals surface area contributed by atoms with Gasteiger partial charge >= 0.3 is 5.97 Å². The van der Waals surface area contributed by atoms with Gasteiger partial charge in [0.25, 0.3) is 0 Å². The van der Waals surface area contributed by atoms with Gasteiger partial charge in [0.2, 0.25) is 0 Å². The van der Waals surface area contributed by atoms with Crippen LogP contribution < -0.4 is 5.32 Å². The molecule has 20 heavy (non-hydrogen) atoms. The molecular formula is C14H22N2O3S. The molecule has 1 saturated carbocycles. The molecule has 5 atom stereocenters. The van der Waals surface area contributed by atoms with Gasteiger partial charge in [0.15, 0.2) is 5.17 Å². The Hall–Kier alpha value is -0.750. The highest BCUT2D eigenvalue weighted by Crippen LogP contribution is 2.41. The van der Waals surface area contributed by atoms with E-state index in [1.54, 1.807) is 11.8 Å². The predicted octanol–water partition coefficient (Wildman–Crippen LogP) is 1.77. The smallest absolute Gasteiger partial charge is 0.302 e. The molecule has 0 aromatic rings. The molecule has 2 heterocycles.